The second kappa shape index (κ2) is 5.57. The molecule has 0 saturated heterocycles. The zero-order valence-electron chi connectivity index (χ0n) is 9.91. The fraction of sp³-hybridized carbons (Fsp3) is 0.333. The highest BCUT2D eigenvalue weighted by Crippen LogP contribution is 2.27. The maximum Gasteiger partial charge on any atom is 0.404 e. The van der Waals surface area contributed by atoms with Gasteiger partial charge in [0.05, 0.1) is 19.3 Å². The molecule has 0 amide bonds. The number of para-hydroxylation sites is 1. The monoisotopic (exact) mass is 258 g/mol. The Kier molecular flexibility index (Phi) is 4.36. The first-order chi connectivity index (χ1) is 8.45. The summed E-state index contributed by atoms with van der Waals surface area (Å²) in [4.78, 5) is 22.7. The molecule has 0 fully saturated rings. The normalized spacial score (nSPS) is 10.9. The number of methoxy groups -OCH3 is 1. The summed E-state index contributed by atoms with van der Waals surface area (Å²) in [7, 11) is 1.24. The molecule has 0 unspecified atom stereocenters. The molecular formula is C12H12F2O4. The quantitative estimate of drug-likeness (QED) is 0.461. The lowest BCUT2D eigenvalue weighted by Crippen LogP contribution is -2.39. The van der Waals surface area contributed by atoms with E-state index in [2.05, 4.69) is 4.74 Å². The van der Waals surface area contributed by atoms with Gasteiger partial charge in [-0.05, 0) is 19.1 Å². The van der Waals surface area contributed by atoms with Crippen LogP contribution in [0.1, 0.15) is 17.3 Å². The lowest BCUT2D eigenvalue weighted by molar-refractivity contribution is -0.164. The highest BCUT2D eigenvalue weighted by Gasteiger charge is 2.50. The van der Waals surface area contributed by atoms with E-state index < -0.39 is 17.7 Å². The van der Waals surface area contributed by atoms with Gasteiger partial charge in [-0.3, -0.25) is 4.79 Å². The zero-order chi connectivity index (χ0) is 13.8. The van der Waals surface area contributed by atoms with Crippen LogP contribution in [0.5, 0.6) is 5.75 Å². The summed E-state index contributed by atoms with van der Waals surface area (Å²) < 4.78 is 36.0. The predicted octanol–water partition coefficient (Wildman–Crippen LogP) is 2.08. The van der Waals surface area contributed by atoms with Crippen LogP contribution in [0.25, 0.3) is 0 Å². The number of ketones is 1. The van der Waals surface area contributed by atoms with Gasteiger partial charge >= 0.3 is 11.9 Å². The number of carbonyl (C=O) groups excluding carboxylic acids is 2. The third-order valence-electron chi connectivity index (χ3n) is 2.17. The summed E-state index contributed by atoms with van der Waals surface area (Å²) in [6, 6.07) is 5.44. The van der Waals surface area contributed by atoms with Gasteiger partial charge in [-0.25, -0.2) is 4.79 Å². The Morgan fingerprint density at radius 3 is 2.44 bits per heavy atom. The summed E-state index contributed by atoms with van der Waals surface area (Å²) in [5.74, 6) is -7.74. The number of rotatable bonds is 5. The smallest absolute Gasteiger partial charge is 0.404 e. The average molecular weight is 258 g/mol. The first-order valence-electron chi connectivity index (χ1n) is 5.18. The van der Waals surface area contributed by atoms with Crippen LogP contribution in [0.2, 0.25) is 0 Å². The van der Waals surface area contributed by atoms with Crippen LogP contribution in [0, 0.1) is 0 Å². The van der Waals surface area contributed by atoms with E-state index in [1.165, 1.54) is 32.2 Å². The van der Waals surface area contributed by atoms with Crippen LogP contribution in [0.15, 0.2) is 24.3 Å². The second-order valence-electron chi connectivity index (χ2n) is 3.32. The predicted molar refractivity (Wildman–Crippen MR) is 58.9 cm³/mol. The van der Waals surface area contributed by atoms with E-state index in [0.717, 1.165) is 6.07 Å². The lowest BCUT2D eigenvalue weighted by atomic mass is 10.0. The Hall–Kier alpha value is -1.98. The molecule has 1 aromatic carbocycles. The number of benzene rings is 1. The lowest BCUT2D eigenvalue weighted by Gasteiger charge is -2.14. The molecular weight excluding hydrogens is 246 g/mol. The molecule has 6 heteroatoms. The molecule has 0 aromatic heterocycles. The van der Waals surface area contributed by atoms with E-state index in [9.17, 15) is 18.4 Å². The van der Waals surface area contributed by atoms with Crippen molar-refractivity contribution in [3.63, 3.8) is 0 Å². The number of carbonyl (C=O) groups is 2. The third-order valence-corrected chi connectivity index (χ3v) is 2.17. The van der Waals surface area contributed by atoms with Gasteiger partial charge in [-0.2, -0.15) is 8.78 Å². The second-order valence-corrected chi connectivity index (χ2v) is 3.32. The molecule has 0 aliphatic carbocycles. The Morgan fingerprint density at radius 2 is 1.89 bits per heavy atom. The Morgan fingerprint density at radius 1 is 1.28 bits per heavy atom. The Labute approximate surface area is 103 Å². The highest BCUT2D eigenvalue weighted by atomic mass is 19.3. The van der Waals surface area contributed by atoms with Gasteiger partial charge in [-0.15, -0.1) is 0 Å². The highest BCUT2D eigenvalue weighted by molar-refractivity contribution is 6.15. The van der Waals surface area contributed by atoms with Crippen molar-refractivity contribution in [1.29, 1.82) is 0 Å². The molecule has 0 saturated carbocycles. The van der Waals surface area contributed by atoms with E-state index in [1.54, 1.807) is 0 Å². The minimum Gasteiger partial charge on any atom is -0.496 e. The van der Waals surface area contributed by atoms with Crippen LogP contribution < -0.4 is 4.74 Å². The van der Waals surface area contributed by atoms with Crippen LogP contribution in [0.4, 0.5) is 8.78 Å². The summed E-state index contributed by atoms with van der Waals surface area (Å²) in [6.07, 6.45) is 0. The minimum atomic E-state index is -4.22. The molecule has 0 bridgehead atoms. The number of halogens is 2. The Bertz CT molecular complexity index is 457. The van der Waals surface area contributed by atoms with Gasteiger partial charge in [0.2, 0.25) is 5.78 Å². The van der Waals surface area contributed by atoms with Crippen molar-refractivity contribution in [2.75, 3.05) is 13.7 Å². The van der Waals surface area contributed by atoms with Crippen molar-refractivity contribution in [2.24, 2.45) is 0 Å². The standard InChI is InChI=1S/C12H12F2O4/c1-3-18-11(16)12(13,14)10(15)8-6-4-5-7-9(8)17-2/h4-7H,3H2,1-2H3. The van der Waals surface area contributed by atoms with E-state index in [-0.39, 0.29) is 17.9 Å². The summed E-state index contributed by atoms with van der Waals surface area (Å²) in [5, 5.41) is 0. The summed E-state index contributed by atoms with van der Waals surface area (Å²) in [6.45, 7) is 1.15. The number of hydrogen-bond acceptors (Lipinski definition) is 4. The van der Waals surface area contributed by atoms with Gasteiger partial charge in [0.1, 0.15) is 5.75 Å². The molecule has 1 aromatic rings. The number of Topliss-reactive ketones (excluding diaryl/α,β-unsaturated/α-hetero) is 1. The molecule has 98 valence electrons. The number of alkyl halides is 2. The van der Waals surface area contributed by atoms with Crippen molar-refractivity contribution in [2.45, 2.75) is 12.8 Å². The summed E-state index contributed by atoms with van der Waals surface area (Å²) in [5.41, 5.74) is -0.363. The van der Waals surface area contributed by atoms with Crippen LogP contribution in [-0.4, -0.2) is 31.4 Å². The van der Waals surface area contributed by atoms with Gasteiger partial charge in [0.15, 0.2) is 0 Å². The maximum absolute atomic E-state index is 13.5. The number of hydrogen-bond donors (Lipinski definition) is 0. The van der Waals surface area contributed by atoms with E-state index in [0.29, 0.717) is 0 Å². The van der Waals surface area contributed by atoms with E-state index >= 15 is 0 Å². The van der Waals surface area contributed by atoms with Gasteiger partial charge in [0.25, 0.3) is 0 Å². The van der Waals surface area contributed by atoms with Crippen molar-refractivity contribution in [3.8, 4) is 5.75 Å². The first-order valence-corrected chi connectivity index (χ1v) is 5.18. The van der Waals surface area contributed by atoms with Crippen molar-refractivity contribution >= 4 is 11.8 Å². The van der Waals surface area contributed by atoms with Gasteiger partial charge in [0, 0.05) is 0 Å². The Balaban J connectivity index is 3.09. The largest absolute Gasteiger partial charge is 0.496 e. The first kappa shape index (κ1) is 14.1. The number of ether oxygens (including phenoxy) is 2. The molecule has 0 aliphatic rings. The molecule has 0 heterocycles. The fourth-order valence-electron chi connectivity index (χ4n) is 1.32. The van der Waals surface area contributed by atoms with Crippen LogP contribution in [-0.2, 0) is 9.53 Å². The molecule has 0 radical (unpaired) electrons. The molecule has 0 spiro atoms. The zero-order valence-corrected chi connectivity index (χ0v) is 9.91. The van der Waals surface area contributed by atoms with E-state index in [1.807, 2.05) is 0 Å². The molecule has 0 atom stereocenters. The van der Waals surface area contributed by atoms with Crippen molar-refractivity contribution in [3.05, 3.63) is 29.8 Å². The summed E-state index contributed by atoms with van der Waals surface area (Å²) >= 11 is 0. The topological polar surface area (TPSA) is 52.6 Å². The SMILES string of the molecule is CCOC(=O)C(F)(F)C(=O)c1ccccc1OC. The molecule has 4 nitrogen and oxygen atoms in total. The molecule has 0 N–H and O–H groups in total. The minimum absolute atomic E-state index is 0.0218. The van der Waals surface area contributed by atoms with Gasteiger partial charge < -0.3 is 9.47 Å². The van der Waals surface area contributed by atoms with Crippen molar-refractivity contribution in [1.82, 2.24) is 0 Å². The van der Waals surface area contributed by atoms with Gasteiger partial charge in [-0.1, -0.05) is 12.1 Å². The fourth-order valence-corrected chi connectivity index (χ4v) is 1.32. The van der Waals surface area contributed by atoms with Crippen LogP contribution >= 0.6 is 0 Å². The molecule has 0 aliphatic heterocycles. The maximum atomic E-state index is 13.5. The number of esters is 1. The molecule has 18 heavy (non-hydrogen) atoms. The third kappa shape index (κ3) is 2.64. The van der Waals surface area contributed by atoms with Crippen molar-refractivity contribution < 1.29 is 27.8 Å². The average Bonchev–Trinajstić information content (AvgIpc) is 2.38. The van der Waals surface area contributed by atoms with E-state index in [4.69, 9.17) is 4.74 Å². The van der Waals surface area contributed by atoms with Crippen LogP contribution in [0.3, 0.4) is 0 Å². The molecule has 1 rings (SSSR count).